The molecule has 0 unspecified atom stereocenters. The molecule has 1 aliphatic heterocycles. The molecule has 2 N–H and O–H groups in total. The molecule has 0 bridgehead atoms. The molecule has 4 nitrogen and oxygen atoms in total. The highest BCUT2D eigenvalue weighted by Gasteiger charge is 2.41. The first-order valence-electron chi connectivity index (χ1n) is 7.39. The van der Waals surface area contributed by atoms with Crippen LogP contribution < -0.4 is 0 Å². The number of hydrogen-bond donors (Lipinski definition) is 2. The van der Waals surface area contributed by atoms with Gasteiger partial charge in [0.25, 0.3) is 0 Å². The van der Waals surface area contributed by atoms with E-state index in [4.69, 9.17) is 16.3 Å². The summed E-state index contributed by atoms with van der Waals surface area (Å²) in [5.41, 5.74) is 1.11. The van der Waals surface area contributed by atoms with Crippen molar-refractivity contribution in [3.05, 3.63) is 53.1 Å². The van der Waals surface area contributed by atoms with Gasteiger partial charge in [0.2, 0.25) is 0 Å². The molecule has 2 atom stereocenters. The predicted molar refractivity (Wildman–Crippen MR) is 89.1 cm³/mol. The molecule has 1 fully saturated rings. The maximum Gasteiger partial charge on any atom is 0.139 e. The molecular formula is C16H19ClN2O2S. The molecule has 1 saturated heterocycles. The van der Waals surface area contributed by atoms with E-state index in [0.717, 1.165) is 41.4 Å². The van der Waals surface area contributed by atoms with E-state index in [1.165, 1.54) is 0 Å². The summed E-state index contributed by atoms with van der Waals surface area (Å²) in [6.07, 6.45) is 6.22. The number of rotatable bonds is 6. The molecule has 0 amide bonds. The van der Waals surface area contributed by atoms with Crippen molar-refractivity contribution in [2.75, 3.05) is 12.4 Å². The minimum atomic E-state index is -0.398. The molecule has 0 saturated carbocycles. The highest BCUT2D eigenvalue weighted by molar-refractivity contribution is 8.00. The van der Waals surface area contributed by atoms with Crippen molar-refractivity contribution in [1.29, 1.82) is 0 Å². The molecule has 22 heavy (non-hydrogen) atoms. The van der Waals surface area contributed by atoms with E-state index in [9.17, 15) is 5.11 Å². The first-order chi connectivity index (χ1) is 10.7. The first kappa shape index (κ1) is 15.9. The van der Waals surface area contributed by atoms with E-state index in [-0.39, 0.29) is 12.7 Å². The second kappa shape index (κ2) is 7.04. The van der Waals surface area contributed by atoms with Gasteiger partial charge in [0.15, 0.2) is 0 Å². The number of aryl methyl sites for hydroxylation is 1. The molecule has 1 aromatic carbocycles. The van der Waals surface area contributed by atoms with Crippen molar-refractivity contribution < 1.29 is 9.84 Å². The highest BCUT2D eigenvalue weighted by Crippen LogP contribution is 2.48. The van der Waals surface area contributed by atoms with Gasteiger partial charge in [0, 0.05) is 29.6 Å². The number of benzene rings is 1. The van der Waals surface area contributed by atoms with Gasteiger partial charge in [-0.05, 0) is 30.5 Å². The van der Waals surface area contributed by atoms with E-state index >= 15 is 0 Å². The zero-order chi connectivity index (χ0) is 15.4. The number of imidazole rings is 1. The number of aromatic nitrogens is 2. The Morgan fingerprint density at radius 2 is 2.23 bits per heavy atom. The average molecular weight is 339 g/mol. The third-order valence-corrected chi connectivity index (χ3v) is 5.61. The Labute approximate surface area is 139 Å². The molecule has 6 heteroatoms. The van der Waals surface area contributed by atoms with Gasteiger partial charge < -0.3 is 14.8 Å². The summed E-state index contributed by atoms with van der Waals surface area (Å²) in [6.45, 7) is 0.0561. The number of nitrogens with one attached hydrogen (secondary N) is 1. The minimum absolute atomic E-state index is 0.0561. The van der Waals surface area contributed by atoms with E-state index < -0.39 is 4.93 Å². The summed E-state index contributed by atoms with van der Waals surface area (Å²) in [6, 6.07) is 7.81. The number of aliphatic hydroxyl groups excluding tert-OH is 1. The van der Waals surface area contributed by atoms with Crippen LogP contribution in [0.1, 0.15) is 24.2 Å². The maximum absolute atomic E-state index is 9.39. The Morgan fingerprint density at radius 3 is 2.86 bits per heavy atom. The van der Waals surface area contributed by atoms with E-state index in [2.05, 4.69) is 9.97 Å². The van der Waals surface area contributed by atoms with Crippen LogP contribution in [-0.2, 0) is 16.1 Å². The Balaban J connectivity index is 1.73. The Kier molecular flexibility index (Phi) is 5.08. The Hall–Kier alpha value is -1.01. The fourth-order valence-corrected chi connectivity index (χ4v) is 4.26. The Bertz CT molecular complexity index is 591. The van der Waals surface area contributed by atoms with Crippen LogP contribution in [0.25, 0.3) is 0 Å². The van der Waals surface area contributed by atoms with Crippen LogP contribution in [0.2, 0.25) is 5.02 Å². The maximum atomic E-state index is 9.39. The number of hydrogen-bond acceptors (Lipinski definition) is 4. The van der Waals surface area contributed by atoms with Crippen molar-refractivity contribution in [2.45, 2.75) is 30.3 Å². The summed E-state index contributed by atoms with van der Waals surface area (Å²) < 4.78 is 6.18. The van der Waals surface area contributed by atoms with Gasteiger partial charge in [0.1, 0.15) is 10.8 Å². The van der Waals surface area contributed by atoms with Crippen LogP contribution in [-0.4, -0.2) is 33.5 Å². The molecular weight excluding hydrogens is 320 g/mol. The van der Waals surface area contributed by atoms with E-state index in [1.807, 2.05) is 30.5 Å². The monoisotopic (exact) mass is 338 g/mol. The summed E-state index contributed by atoms with van der Waals surface area (Å²) in [5.74, 6) is 1.80. The molecule has 1 aliphatic rings. The number of halogens is 1. The Morgan fingerprint density at radius 1 is 1.41 bits per heavy atom. The van der Waals surface area contributed by atoms with Crippen molar-refractivity contribution in [3.63, 3.8) is 0 Å². The van der Waals surface area contributed by atoms with Crippen LogP contribution >= 0.6 is 23.4 Å². The number of ether oxygens (including phenoxy) is 1. The number of aromatic amines is 1. The molecule has 2 heterocycles. The molecule has 2 aromatic rings. The summed E-state index contributed by atoms with van der Waals surface area (Å²) >= 11 is 7.75. The van der Waals surface area contributed by atoms with E-state index in [1.54, 1.807) is 18.0 Å². The summed E-state index contributed by atoms with van der Waals surface area (Å²) in [4.78, 5) is 6.99. The zero-order valence-electron chi connectivity index (χ0n) is 12.2. The van der Waals surface area contributed by atoms with Crippen LogP contribution in [0.15, 0.2) is 36.7 Å². The first-order valence-corrected chi connectivity index (χ1v) is 8.75. The largest absolute Gasteiger partial charge is 0.394 e. The quantitative estimate of drug-likeness (QED) is 0.848. The minimum Gasteiger partial charge on any atom is -0.394 e. The second-order valence-corrected chi connectivity index (χ2v) is 7.10. The molecule has 0 spiro atoms. The predicted octanol–water partition coefficient (Wildman–Crippen LogP) is 3.36. The molecule has 1 aromatic heterocycles. The van der Waals surface area contributed by atoms with Crippen LogP contribution in [0, 0.1) is 0 Å². The van der Waals surface area contributed by atoms with E-state index in [0.29, 0.717) is 0 Å². The van der Waals surface area contributed by atoms with Gasteiger partial charge in [-0.3, -0.25) is 0 Å². The lowest BCUT2D eigenvalue weighted by Crippen LogP contribution is -2.26. The van der Waals surface area contributed by atoms with Crippen molar-refractivity contribution in [3.8, 4) is 0 Å². The fourth-order valence-electron chi connectivity index (χ4n) is 2.71. The van der Waals surface area contributed by atoms with Gasteiger partial charge in [0.05, 0.1) is 12.7 Å². The number of nitrogens with zero attached hydrogens (tertiary/aromatic N) is 1. The lowest BCUT2D eigenvalue weighted by molar-refractivity contribution is -0.0395. The SMILES string of the molecule is OC[C@H]1CS[C@](CCCc2ncc[nH]2)(c2ccc(Cl)cc2)O1. The topological polar surface area (TPSA) is 58.1 Å². The highest BCUT2D eigenvalue weighted by atomic mass is 35.5. The van der Waals surface area contributed by atoms with Crippen molar-refractivity contribution >= 4 is 23.4 Å². The van der Waals surface area contributed by atoms with Crippen LogP contribution in [0.4, 0.5) is 0 Å². The van der Waals surface area contributed by atoms with Gasteiger partial charge in [-0.1, -0.05) is 23.7 Å². The van der Waals surface area contributed by atoms with Gasteiger partial charge in [-0.25, -0.2) is 4.98 Å². The van der Waals surface area contributed by atoms with Crippen LogP contribution in [0.5, 0.6) is 0 Å². The third-order valence-electron chi connectivity index (χ3n) is 3.82. The molecule has 118 valence electrons. The normalized spacial score (nSPS) is 24.7. The molecule has 0 aliphatic carbocycles. The fraction of sp³-hybridized carbons (Fsp3) is 0.438. The standard InChI is InChI=1S/C16H19ClN2O2S/c17-13-5-3-12(4-6-13)16(21-14(10-20)11-22-16)7-1-2-15-18-8-9-19-15/h3-6,8-9,14,20H,1-2,7,10-11H2,(H,18,19)/t14-,16+/m0/s1. The summed E-state index contributed by atoms with van der Waals surface area (Å²) in [7, 11) is 0. The third kappa shape index (κ3) is 3.49. The average Bonchev–Trinajstić information content (AvgIpc) is 3.18. The zero-order valence-corrected chi connectivity index (χ0v) is 13.7. The van der Waals surface area contributed by atoms with Crippen molar-refractivity contribution in [2.24, 2.45) is 0 Å². The summed E-state index contributed by atoms with van der Waals surface area (Å²) in [5, 5.41) is 10.1. The van der Waals surface area contributed by atoms with Gasteiger partial charge in [-0.15, -0.1) is 11.8 Å². The lowest BCUT2D eigenvalue weighted by atomic mass is 10.0. The molecule has 3 rings (SSSR count). The molecule has 0 radical (unpaired) electrons. The van der Waals surface area contributed by atoms with Gasteiger partial charge in [-0.2, -0.15) is 0 Å². The lowest BCUT2D eigenvalue weighted by Gasteiger charge is -2.29. The van der Waals surface area contributed by atoms with Crippen molar-refractivity contribution in [1.82, 2.24) is 9.97 Å². The van der Waals surface area contributed by atoms with Crippen LogP contribution in [0.3, 0.4) is 0 Å². The van der Waals surface area contributed by atoms with Gasteiger partial charge >= 0.3 is 0 Å². The number of aliphatic hydroxyl groups is 1. The number of thioether (sulfide) groups is 1. The second-order valence-electron chi connectivity index (χ2n) is 5.38. The number of H-pyrrole nitrogens is 1. The smallest absolute Gasteiger partial charge is 0.139 e.